The summed E-state index contributed by atoms with van der Waals surface area (Å²) >= 11 is 0. The van der Waals surface area contributed by atoms with E-state index in [1.165, 1.54) is 0 Å². The van der Waals surface area contributed by atoms with Crippen molar-refractivity contribution in [3.8, 4) is 0 Å². The number of carboxylic acids is 1. The molecule has 0 radical (unpaired) electrons. The molecule has 7 nitrogen and oxygen atoms in total. The van der Waals surface area contributed by atoms with Crippen LogP contribution >= 0.6 is 0 Å². The van der Waals surface area contributed by atoms with Crippen molar-refractivity contribution in [2.75, 3.05) is 6.26 Å². The molecule has 0 unspecified atom stereocenters. The summed E-state index contributed by atoms with van der Waals surface area (Å²) in [6, 6.07) is 2.62. The van der Waals surface area contributed by atoms with E-state index in [4.69, 9.17) is 5.11 Å². The van der Waals surface area contributed by atoms with Crippen molar-refractivity contribution in [1.82, 2.24) is 0 Å². The van der Waals surface area contributed by atoms with Crippen molar-refractivity contribution in [2.45, 2.75) is 4.90 Å². The maximum atomic E-state index is 11.2. The number of carboxylic acid groups (broad SMARTS) is 1. The first-order valence-corrected chi connectivity index (χ1v) is 5.84. The first-order chi connectivity index (χ1) is 7.23. The van der Waals surface area contributed by atoms with E-state index in [9.17, 15) is 23.3 Å². The summed E-state index contributed by atoms with van der Waals surface area (Å²) < 4.78 is 22.5. The molecule has 16 heavy (non-hydrogen) atoms. The number of sulfone groups is 1. The minimum absolute atomic E-state index is 0.314. The zero-order valence-electron chi connectivity index (χ0n) is 8.08. The predicted molar refractivity (Wildman–Crippen MR) is 53.2 cm³/mol. The molecule has 8 heteroatoms. The third kappa shape index (κ3) is 2.34. The average Bonchev–Trinajstić information content (AvgIpc) is 2.15. The molecule has 0 spiro atoms. The van der Waals surface area contributed by atoms with Gasteiger partial charge in [-0.3, -0.25) is 10.1 Å². The van der Waals surface area contributed by atoms with Gasteiger partial charge in [-0.25, -0.2) is 13.2 Å². The lowest BCUT2D eigenvalue weighted by Crippen LogP contribution is -2.05. The minimum atomic E-state index is -3.84. The van der Waals surface area contributed by atoms with Gasteiger partial charge in [-0.1, -0.05) is 0 Å². The van der Waals surface area contributed by atoms with Crippen molar-refractivity contribution in [1.29, 1.82) is 0 Å². The summed E-state index contributed by atoms with van der Waals surface area (Å²) in [7, 11) is -3.84. The SMILES string of the molecule is CS(=O)(=O)c1cc(C(=O)O)ccc1[N+](=O)[O-]. The molecule has 0 bridgehead atoms. The second-order valence-electron chi connectivity index (χ2n) is 3.02. The van der Waals surface area contributed by atoms with Crippen molar-refractivity contribution < 1.29 is 23.2 Å². The number of carbonyl (C=O) groups is 1. The van der Waals surface area contributed by atoms with E-state index in [0.717, 1.165) is 24.5 Å². The topological polar surface area (TPSA) is 115 Å². The van der Waals surface area contributed by atoms with Gasteiger partial charge in [0.15, 0.2) is 9.84 Å². The lowest BCUT2D eigenvalue weighted by atomic mass is 10.2. The smallest absolute Gasteiger partial charge is 0.335 e. The van der Waals surface area contributed by atoms with E-state index in [1.807, 2.05) is 0 Å². The molecule has 0 atom stereocenters. The van der Waals surface area contributed by atoms with Gasteiger partial charge < -0.3 is 5.11 Å². The highest BCUT2D eigenvalue weighted by atomic mass is 32.2. The summed E-state index contributed by atoms with van der Waals surface area (Å²) in [5.41, 5.74) is -0.946. The highest BCUT2D eigenvalue weighted by Crippen LogP contribution is 2.24. The van der Waals surface area contributed by atoms with Crippen LogP contribution in [0.3, 0.4) is 0 Å². The van der Waals surface area contributed by atoms with E-state index >= 15 is 0 Å². The summed E-state index contributed by atoms with van der Waals surface area (Å²) in [5, 5.41) is 19.2. The van der Waals surface area contributed by atoms with Gasteiger partial charge in [0.25, 0.3) is 5.69 Å². The standard InChI is InChI=1S/C8H7NO6S/c1-16(14,15)7-4-5(8(10)11)2-3-6(7)9(12)13/h2-4H,1H3,(H,10,11). The number of aromatic carboxylic acids is 1. The molecular formula is C8H7NO6S. The Kier molecular flexibility index (Phi) is 2.95. The molecule has 0 aromatic heterocycles. The molecule has 1 N–H and O–H groups in total. The molecule has 0 heterocycles. The molecule has 0 aliphatic rings. The quantitative estimate of drug-likeness (QED) is 0.619. The lowest BCUT2D eigenvalue weighted by Gasteiger charge is -2.01. The fourth-order valence-electron chi connectivity index (χ4n) is 1.09. The fraction of sp³-hybridized carbons (Fsp3) is 0.125. The molecule has 86 valence electrons. The van der Waals surface area contributed by atoms with Crippen LogP contribution in [0.25, 0.3) is 0 Å². The molecule has 0 fully saturated rings. The molecule has 1 aromatic rings. The Bertz CT molecular complexity index is 562. The van der Waals surface area contributed by atoms with Crippen molar-refractivity contribution in [3.05, 3.63) is 33.9 Å². The lowest BCUT2D eigenvalue weighted by molar-refractivity contribution is -0.387. The van der Waals surface area contributed by atoms with Crippen LogP contribution in [-0.2, 0) is 9.84 Å². The maximum absolute atomic E-state index is 11.2. The van der Waals surface area contributed by atoms with Crippen LogP contribution in [0.4, 0.5) is 5.69 Å². The van der Waals surface area contributed by atoms with Crippen LogP contribution in [0, 0.1) is 10.1 Å². The first-order valence-electron chi connectivity index (χ1n) is 3.95. The van der Waals surface area contributed by atoms with Gasteiger partial charge in [0, 0.05) is 12.3 Å². The monoisotopic (exact) mass is 245 g/mol. The summed E-state index contributed by atoms with van der Waals surface area (Å²) in [6.45, 7) is 0. The highest BCUT2D eigenvalue weighted by Gasteiger charge is 2.23. The van der Waals surface area contributed by atoms with Gasteiger partial charge in [0.05, 0.1) is 10.5 Å². The van der Waals surface area contributed by atoms with Crippen LogP contribution in [0.1, 0.15) is 10.4 Å². The summed E-state index contributed by atoms with van der Waals surface area (Å²) in [4.78, 5) is 19.7. The Morgan fingerprint density at radius 3 is 2.38 bits per heavy atom. The van der Waals surface area contributed by atoms with E-state index < -0.39 is 31.3 Å². The summed E-state index contributed by atoms with van der Waals surface area (Å²) in [6.07, 6.45) is 0.779. The Labute approximate surface area is 90.4 Å². The van der Waals surface area contributed by atoms with Gasteiger partial charge in [-0.05, 0) is 12.1 Å². The zero-order valence-corrected chi connectivity index (χ0v) is 8.89. The third-order valence-corrected chi connectivity index (χ3v) is 2.93. The van der Waals surface area contributed by atoms with Crippen LogP contribution in [-0.4, -0.2) is 30.7 Å². The molecule has 1 rings (SSSR count). The Hall–Kier alpha value is -1.96. The minimum Gasteiger partial charge on any atom is -0.478 e. The number of rotatable bonds is 3. The Morgan fingerprint density at radius 1 is 1.44 bits per heavy atom. The first kappa shape index (κ1) is 12.1. The number of nitrogens with zero attached hydrogens (tertiary/aromatic N) is 1. The molecule has 0 amide bonds. The number of hydrogen-bond acceptors (Lipinski definition) is 5. The number of hydrogen-bond donors (Lipinski definition) is 1. The summed E-state index contributed by atoms with van der Waals surface area (Å²) in [5.74, 6) is -1.35. The number of nitro groups is 1. The molecule has 0 aliphatic carbocycles. The van der Waals surface area contributed by atoms with E-state index in [2.05, 4.69) is 0 Å². The van der Waals surface area contributed by atoms with Gasteiger partial charge >= 0.3 is 5.97 Å². The third-order valence-electron chi connectivity index (χ3n) is 1.80. The normalized spacial score (nSPS) is 11.1. The fourth-order valence-corrected chi connectivity index (χ4v) is 1.96. The molecular weight excluding hydrogens is 238 g/mol. The van der Waals surface area contributed by atoms with Gasteiger partial charge in [-0.2, -0.15) is 0 Å². The number of nitro benzene ring substituents is 1. The molecule has 0 saturated heterocycles. The predicted octanol–water partition coefficient (Wildman–Crippen LogP) is 0.697. The Morgan fingerprint density at radius 2 is 2.00 bits per heavy atom. The van der Waals surface area contributed by atoms with Crippen molar-refractivity contribution in [2.24, 2.45) is 0 Å². The van der Waals surface area contributed by atoms with Crippen molar-refractivity contribution in [3.63, 3.8) is 0 Å². The molecule has 0 saturated carbocycles. The Balaban J connectivity index is 3.58. The van der Waals surface area contributed by atoms with E-state index in [1.54, 1.807) is 0 Å². The number of benzene rings is 1. The maximum Gasteiger partial charge on any atom is 0.335 e. The van der Waals surface area contributed by atoms with Crippen molar-refractivity contribution >= 4 is 21.5 Å². The van der Waals surface area contributed by atoms with Gasteiger partial charge in [-0.15, -0.1) is 0 Å². The van der Waals surface area contributed by atoms with E-state index in [-0.39, 0.29) is 5.56 Å². The zero-order chi connectivity index (χ0) is 12.5. The molecule has 0 aliphatic heterocycles. The van der Waals surface area contributed by atoms with Gasteiger partial charge in [0.1, 0.15) is 4.90 Å². The van der Waals surface area contributed by atoms with Crippen LogP contribution < -0.4 is 0 Å². The van der Waals surface area contributed by atoms with Crippen LogP contribution in [0.5, 0.6) is 0 Å². The average molecular weight is 245 g/mol. The second kappa shape index (κ2) is 3.89. The highest BCUT2D eigenvalue weighted by molar-refractivity contribution is 7.90. The van der Waals surface area contributed by atoms with Crippen LogP contribution in [0.2, 0.25) is 0 Å². The van der Waals surface area contributed by atoms with Crippen LogP contribution in [0.15, 0.2) is 23.1 Å². The van der Waals surface area contributed by atoms with Gasteiger partial charge in [0.2, 0.25) is 0 Å². The molecule has 1 aromatic carbocycles. The largest absolute Gasteiger partial charge is 0.478 e. The van der Waals surface area contributed by atoms with E-state index in [0.29, 0.717) is 0 Å². The second-order valence-corrected chi connectivity index (χ2v) is 5.00.